The van der Waals surface area contributed by atoms with E-state index >= 15 is 0 Å². The van der Waals surface area contributed by atoms with Gasteiger partial charge in [-0.2, -0.15) is 5.26 Å². The minimum Gasteiger partial charge on any atom is -0.477 e. The number of nitrogens with zero attached hydrogens (tertiary/aromatic N) is 1. The van der Waals surface area contributed by atoms with Gasteiger partial charge in [0, 0.05) is 24.4 Å². The number of thiophene rings is 3. The lowest BCUT2D eigenvalue weighted by Gasteiger charge is -1.91. The molecule has 0 bridgehead atoms. The molecule has 3 aromatic heterocycles. The van der Waals surface area contributed by atoms with Crippen LogP contribution >= 0.6 is 34.0 Å². The smallest absolute Gasteiger partial charge is 0.346 e. The SMILES string of the molecule is N#CC(=Cc1ccc(-c2ccc(-c3cccs3)s2)s1)C(=O)O. The third-order valence-electron chi connectivity index (χ3n) is 2.88. The Morgan fingerprint density at radius 3 is 2.36 bits per heavy atom. The molecular weight excluding hydrogens is 334 g/mol. The van der Waals surface area contributed by atoms with Gasteiger partial charge in [0.15, 0.2) is 0 Å². The Bertz CT molecular complexity index is 879. The summed E-state index contributed by atoms with van der Waals surface area (Å²) in [6, 6.07) is 13.8. The van der Waals surface area contributed by atoms with Gasteiger partial charge >= 0.3 is 5.97 Å². The molecule has 1 N–H and O–H groups in total. The largest absolute Gasteiger partial charge is 0.477 e. The van der Waals surface area contributed by atoms with Crippen molar-refractivity contribution in [3.05, 3.63) is 52.2 Å². The maximum Gasteiger partial charge on any atom is 0.346 e. The first-order chi connectivity index (χ1) is 10.7. The average molecular weight is 343 g/mol. The van der Waals surface area contributed by atoms with E-state index < -0.39 is 5.97 Å². The van der Waals surface area contributed by atoms with Gasteiger partial charge in [-0.25, -0.2) is 4.79 Å². The Kier molecular flexibility index (Phi) is 4.20. The normalized spacial score (nSPS) is 11.3. The van der Waals surface area contributed by atoms with Crippen LogP contribution in [0.25, 0.3) is 25.6 Å². The second-order valence-corrected chi connectivity index (χ2v) is 7.47. The fourth-order valence-electron chi connectivity index (χ4n) is 1.87. The number of nitriles is 1. The van der Waals surface area contributed by atoms with Gasteiger partial charge in [-0.15, -0.1) is 34.0 Å². The van der Waals surface area contributed by atoms with Gasteiger partial charge in [0.1, 0.15) is 11.6 Å². The molecule has 3 nitrogen and oxygen atoms in total. The third kappa shape index (κ3) is 3.02. The van der Waals surface area contributed by atoms with Crippen molar-refractivity contribution in [2.75, 3.05) is 0 Å². The molecule has 22 heavy (non-hydrogen) atoms. The molecule has 0 unspecified atom stereocenters. The Hall–Kier alpha value is -2.20. The summed E-state index contributed by atoms with van der Waals surface area (Å²) in [5.41, 5.74) is -0.251. The van der Waals surface area contributed by atoms with Crippen molar-refractivity contribution >= 4 is 46.1 Å². The molecule has 0 saturated carbocycles. The summed E-state index contributed by atoms with van der Waals surface area (Å²) in [5, 5.41) is 19.7. The van der Waals surface area contributed by atoms with E-state index in [-0.39, 0.29) is 5.57 Å². The molecule has 108 valence electrons. The van der Waals surface area contributed by atoms with E-state index in [2.05, 4.69) is 23.6 Å². The van der Waals surface area contributed by atoms with Crippen molar-refractivity contribution in [1.29, 1.82) is 5.26 Å². The first-order valence-corrected chi connectivity index (χ1v) is 8.77. The fourth-order valence-corrected chi connectivity index (χ4v) is 4.75. The molecule has 3 rings (SSSR count). The topological polar surface area (TPSA) is 61.1 Å². The second kappa shape index (κ2) is 6.28. The predicted molar refractivity (Wildman–Crippen MR) is 92.2 cm³/mol. The zero-order chi connectivity index (χ0) is 15.5. The molecule has 0 aliphatic heterocycles. The number of rotatable bonds is 4. The number of aliphatic carboxylic acids is 1. The lowest BCUT2D eigenvalue weighted by atomic mass is 10.2. The Morgan fingerprint density at radius 1 is 1.05 bits per heavy atom. The molecule has 6 heteroatoms. The molecular formula is C16H9NO2S3. The van der Waals surface area contributed by atoms with Gasteiger partial charge in [-0.1, -0.05) is 6.07 Å². The predicted octanol–water partition coefficient (Wildman–Crippen LogP) is 5.20. The number of hydrogen-bond acceptors (Lipinski definition) is 5. The van der Waals surface area contributed by atoms with Crippen molar-refractivity contribution in [2.24, 2.45) is 0 Å². The van der Waals surface area contributed by atoms with Gasteiger partial charge < -0.3 is 5.11 Å². The maximum atomic E-state index is 10.9. The van der Waals surface area contributed by atoms with Crippen molar-refractivity contribution in [3.63, 3.8) is 0 Å². The second-order valence-electron chi connectivity index (χ2n) is 4.32. The molecule has 0 amide bonds. The van der Waals surface area contributed by atoms with E-state index in [0.29, 0.717) is 0 Å². The van der Waals surface area contributed by atoms with Crippen molar-refractivity contribution in [1.82, 2.24) is 0 Å². The molecule has 0 spiro atoms. The molecule has 0 fully saturated rings. The highest BCUT2D eigenvalue weighted by Crippen LogP contribution is 2.39. The zero-order valence-electron chi connectivity index (χ0n) is 11.1. The summed E-state index contributed by atoms with van der Waals surface area (Å²) < 4.78 is 0. The van der Waals surface area contributed by atoms with Crippen molar-refractivity contribution in [3.8, 4) is 25.6 Å². The van der Waals surface area contributed by atoms with Crippen LogP contribution in [0.2, 0.25) is 0 Å². The molecule has 0 saturated heterocycles. The molecule has 3 heterocycles. The van der Waals surface area contributed by atoms with Crippen LogP contribution in [0.5, 0.6) is 0 Å². The minimum atomic E-state index is -1.20. The van der Waals surface area contributed by atoms with Crippen molar-refractivity contribution < 1.29 is 9.90 Å². The van der Waals surface area contributed by atoms with Gasteiger partial charge in [-0.3, -0.25) is 0 Å². The van der Waals surface area contributed by atoms with Crippen LogP contribution in [0.4, 0.5) is 0 Å². The van der Waals surface area contributed by atoms with Crippen LogP contribution < -0.4 is 0 Å². The van der Waals surface area contributed by atoms with Gasteiger partial charge in [-0.05, 0) is 41.8 Å². The molecule has 0 aromatic carbocycles. The first kappa shape index (κ1) is 14.7. The number of hydrogen-bond donors (Lipinski definition) is 1. The molecule has 0 aliphatic rings. The Morgan fingerprint density at radius 2 is 1.73 bits per heavy atom. The lowest BCUT2D eigenvalue weighted by molar-refractivity contribution is -0.132. The van der Waals surface area contributed by atoms with Crippen LogP contribution in [-0.2, 0) is 4.79 Å². The van der Waals surface area contributed by atoms with Gasteiger partial charge in [0.25, 0.3) is 0 Å². The van der Waals surface area contributed by atoms with Gasteiger partial charge in [0.2, 0.25) is 0 Å². The summed E-state index contributed by atoms with van der Waals surface area (Å²) in [5.74, 6) is -1.20. The maximum absolute atomic E-state index is 10.9. The molecule has 3 aromatic rings. The summed E-state index contributed by atoms with van der Waals surface area (Å²) >= 11 is 4.89. The van der Waals surface area contributed by atoms with E-state index in [1.54, 1.807) is 28.7 Å². The minimum absolute atomic E-state index is 0.251. The van der Waals surface area contributed by atoms with E-state index in [9.17, 15) is 4.79 Å². The van der Waals surface area contributed by atoms with Crippen LogP contribution in [0, 0.1) is 11.3 Å². The highest BCUT2D eigenvalue weighted by Gasteiger charge is 2.10. The summed E-state index contributed by atoms with van der Waals surface area (Å²) in [4.78, 5) is 16.3. The first-order valence-electron chi connectivity index (χ1n) is 6.26. The van der Waals surface area contributed by atoms with E-state index in [4.69, 9.17) is 10.4 Å². The van der Waals surface area contributed by atoms with Gasteiger partial charge in [0.05, 0.1) is 0 Å². The monoisotopic (exact) mass is 343 g/mol. The quantitative estimate of drug-likeness (QED) is 0.523. The lowest BCUT2D eigenvalue weighted by Crippen LogP contribution is -1.96. The Labute approximate surface area is 139 Å². The summed E-state index contributed by atoms with van der Waals surface area (Å²) in [7, 11) is 0. The van der Waals surface area contributed by atoms with Crippen LogP contribution in [-0.4, -0.2) is 11.1 Å². The number of carboxylic acid groups (broad SMARTS) is 1. The van der Waals surface area contributed by atoms with Crippen LogP contribution in [0.15, 0.2) is 47.4 Å². The Balaban J connectivity index is 1.89. The average Bonchev–Trinajstić information content (AvgIpc) is 3.22. The number of carbonyl (C=O) groups is 1. The highest BCUT2D eigenvalue weighted by molar-refractivity contribution is 7.26. The molecule has 0 radical (unpaired) electrons. The van der Waals surface area contributed by atoms with E-state index in [0.717, 1.165) is 14.6 Å². The summed E-state index contributed by atoms with van der Waals surface area (Å²) in [6.45, 7) is 0. The zero-order valence-corrected chi connectivity index (χ0v) is 13.6. The molecule has 0 atom stereocenters. The summed E-state index contributed by atoms with van der Waals surface area (Å²) in [6.07, 6.45) is 1.41. The fraction of sp³-hybridized carbons (Fsp3) is 0. The third-order valence-corrected chi connectivity index (χ3v) is 6.26. The molecule has 0 aliphatic carbocycles. The van der Waals surface area contributed by atoms with E-state index in [1.165, 1.54) is 27.2 Å². The highest BCUT2D eigenvalue weighted by atomic mass is 32.1. The van der Waals surface area contributed by atoms with Crippen molar-refractivity contribution in [2.45, 2.75) is 0 Å². The number of carboxylic acids is 1. The van der Waals surface area contributed by atoms with Crippen LogP contribution in [0.1, 0.15) is 4.88 Å². The standard InChI is InChI=1S/C16H9NO2S3/c17-9-10(16(18)19)8-11-3-4-14(21-11)15-6-5-13(22-15)12-2-1-7-20-12/h1-8H,(H,18,19). The van der Waals surface area contributed by atoms with E-state index in [1.807, 2.05) is 18.2 Å². The van der Waals surface area contributed by atoms with Crippen LogP contribution in [0.3, 0.4) is 0 Å².